The molecule has 2 aliphatic heterocycles. The first-order chi connectivity index (χ1) is 9.77. The van der Waals surface area contributed by atoms with E-state index in [0.717, 1.165) is 52.0 Å². The largest absolute Gasteiger partial charge is 0.314 e. The third-order valence-corrected chi connectivity index (χ3v) is 4.66. The Bertz CT molecular complexity index is 389. The Balaban J connectivity index is 1.50. The van der Waals surface area contributed by atoms with E-state index in [9.17, 15) is 9.59 Å². The Morgan fingerprint density at radius 1 is 1.00 bits per heavy atom. The van der Waals surface area contributed by atoms with Crippen molar-refractivity contribution in [2.24, 2.45) is 11.8 Å². The molecule has 2 amide bonds. The summed E-state index contributed by atoms with van der Waals surface area (Å²) in [6.45, 7) is 5.78. The molecule has 0 spiro atoms. The van der Waals surface area contributed by atoms with Crippen molar-refractivity contribution in [3.63, 3.8) is 0 Å². The van der Waals surface area contributed by atoms with Crippen LogP contribution in [0.3, 0.4) is 0 Å². The maximum atomic E-state index is 12.3. The van der Waals surface area contributed by atoms with Crippen LogP contribution in [0.4, 0.5) is 0 Å². The summed E-state index contributed by atoms with van der Waals surface area (Å²) < 4.78 is 0. The van der Waals surface area contributed by atoms with Crippen molar-refractivity contribution < 1.29 is 9.59 Å². The van der Waals surface area contributed by atoms with E-state index in [4.69, 9.17) is 0 Å². The lowest BCUT2D eigenvalue weighted by Crippen LogP contribution is -2.44. The van der Waals surface area contributed by atoms with Crippen LogP contribution in [0, 0.1) is 11.8 Å². The molecule has 2 atom stereocenters. The van der Waals surface area contributed by atoms with Gasteiger partial charge in [0.2, 0.25) is 11.8 Å². The molecule has 3 aliphatic rings. The third-order valence-electron chi connectivity index (χ3n) is 4.66. The zero-order valence-electron chi connectivity index (χ0n) is 11.9. The molecular weight excluding hydrogens is 254 g/mol. The molecule has 2 unspecified atom stereocenters. The van der Waals surface area contributed by atoms with Crippen LogP contribution in [0.25, 0.3) is 0 Å². The lowest BCUT2D eigenvalue weighted by Gasteiger charge is -2.27. The summed E-state index contributed by atoms with van der Waals surface area (Å²) in [4.78, 5) is 28.5. The van der Waals surface area contributed by atoms with Crippen LogP contribution in [-0.2, 0) is 9.59 Å². The van der Waals surface area contributed by atoms with Crippen molar-refractivity contribution in [2.45, 2.75) is 19.3 Å². The zero-order chi connectivity index (χ0) is 13.9. The number of carbonyl (C=O) groups excluding carboxylic acids is 2. The molecule has 2 saturated heterocycles. The van der Waals surface area contributed by atoms with Crippen LogP contribution in [0.5, 0.6) is 0 Å². The fraction of sp³-hybridized carbons (Fsp3) is 0.733. The second-order valence-electron chi connectivity index (χ2n) is 5.93. The lowest BCUT2D eigenvalue weighted by molar-refractivity contribution is -0.140. The molecule has 0 radical (unpaired) electrons. The monoisotopic (exact) mass is 277 g/mol. The van der Waals surface area contributed by atoms with Crippen LogP contribution in [0.15, 0.2) is 12.2 Å². The highest BCUT2D eigenvalue weighted by molar-refractivity contribution is 6.05. The molecule has 5 heteroatoms. The number of amides is 2. The van der Waals surface area contributed by atoms with Gasteiger partial charge >= 0.3 is 0 Å². The normalized spacial score (nSPS) is 30.9. The number of nitrogens with zero attached hydrogens (tertiary/aromatic N) is 2. The number of piperazine rings is 1. The highest BCUT2D eigenvalue weighted by Crippen LogP contribution is 2.34. The fourth-order valence-electron chi connectivity index (χ4n) is 3.48. The summed E-state index contributed by atoms with van der Waals surface area (Å²) in [5.41, 5.74) is 0. The van der Waals surface area contributed by atoms with E-state index in [0.29, 0.717) is 6.54 Å². The Labute approximate surface area is 120 Å². The van der Waals surface area contributed by atoms with Gasteiger partial charge in [-0.25, -0.2) is 0 Å². The van der Waals surface area contributed by atoms with Crippen molar-refractivity contribution >= 4 is 11.8 Å². The average molecular weight is 277 g/mol. The second kappa shape index (κ2) is 6.06. The van der Waals surface area contributed by atoms with E-state index in [1.165, 1.54) is 4.90 Å². The van der Waals surface area contributed by atoms with Gasteiger partial charge in [-0.3, -0.25) is 14.5 Å². The number of fused-ring (bicyclic) bond motifs is 1. The second-order valence-corrected chi connectivity index (χ2v) is 5.93. The Morgan fingerprint density at radius 3 is 2.20 bits per heavy atom. The summed E-state index contributed by atoms with van der Waals surface area (Å²) in [6.07, 6.45) is 6.45. The predicted molar refractivity (Wildman–Crippen MR) is 76.0 cm³/mol. The minimum absolute atomic E-state index is 0.0599. The van der Waals surface area contributed by atoms with E-state index < -0.39 is 0 Å². The molecular formula is C15H23N3O2. The molecule has 5 nitrogen and oxygen atoms in total. The highest BCUT2D eigenvalue weighted by atomic mass is 16.2. The minimum atomic E-state index is -0.0771. The van der Waals surface area contributed by atoms with Crippen molar-refractivity contribution in [3.8, 4) is 0 Å². The average Bonchev–Trinajstić information content (AvgIpc) is 2.74. The maximum Gasteiger partial charge on any atom is 0.233 e. The molecule has 0 saturated carbocycles. The van der Waals surface area contributed by atoms with E-state index in [2.05, 4.69) is 10.2 Å². The van der Waals surface area contributed by atoms with Crippen molar-refractivity contribution in [2.75, 3.05) is 39.3 Å². The van der Waals surface area contributed by atoms with Crippen LogP contribution in [0.1, 0.15) is 19.3 Å². The Morgan fingerprint density at radius 2 is 1.60 bits per heavy atom. The summed E-state index contributed by atoms with van der Waals surface area (Å²) >= 11 is 0. The molecule has 0 aromatic heterocycles. The number of nitrogens with one attached hydrogen (secondary N) is 1. The molecule has 1 N–H and O–H groups in total. The molecule has 0 bridgehead atoms. The first-order valence-corrected chi connectivity index (χ1v) is 7.70. The standard InChI is InChI=1S/C15H23N3O2/c19-14-12-4-1-2-5-13(12)15(20)18(14)9-3-8-17-10-6-16-7-11-17/h1-2,12-13,16H,3-11H2. The number of carbonyl (C=O) groups is 2. The number of allylic oxidation sites excluding steroid dienone is 2. The van der Waals surface area contributed by atoms with Crippen molar-refractivity contribution in [1.82, 2.24) is 15.1 Å². The number of hydrogen-bond acceptors (Lipinski definition) is 4. The van der Waals surface area contributed by atoms with Gasteiger partial charge < -0.3 is 10.2 Å². The summed E-state index contributed by atoms with van der Waals surface area (Å²) in [6, 6.07) is 0. The summed E-state index contributed by atoms with van der Waals surface area (Å²) in [7, 11) is 0. The van der Waals surface area contributed by atoms with Crippen LogP contribution in [-0.4, -0.2) is 60.9 Å². The van der Waals surface area contributed by atoms with Gasteiger partial charge in [-0.05, 0) is 25.8 Å². The quantitative estimate of drug-likeness (QED) is 0.590. The molecule has 2 heterocycles. The number of imide groups is 1. The van der Waals surface area contributed by atoms with Crippen LogP contribution in [0.2, 0.25) is 0 Å². The first kappa shape index (κ1) is 13.8. The minimum Gasteiger partial charge on any atom is -0.314 e. The molecule has 0 aromatic carbocycles. The predicted octanol–water partition coefficient (Wildman–Crippen LogP) is 0.233. The first-order valence-electron chi connectivity index (χ1n) is 7.70. The highest BCUT2D eigenvalue weighted by Gasteiger charge is 2.46. The fourth-order valence-corrected chi connectivity index (χ4v) is 3.48. The van der Waals surface area contributed by atoms with Gasteiger partial charge in [-0.2, -0.15) is 0 Å². The van der Waals surface area contributed by atoms with Gasteiger partial charge in [0.1, 0.15) is 0 Å². The molecule has 20 heavy (non-hydrogen) atoms. The Kier molecular flexibility index (Phi) is 4.17. The number of hydrogen-bond donors (Lipinski definition) is 1. The van der Waals surface area contributed by atoms with Gasteiger partial charge in [0.25, 0.3) is 0 Å². The van der Waals surface area contributed by atoms with Crippen LogP contribution >= 0.6 is 0 Å². The summed E-state index contributed by atoms with van der Waals surface area (Å²) in [5, 5.41) is 3.33. The van der Waals surface area contributed by atoms with Gasteiger partial charge in [0.05, 0.1) is 11.8 Å². The SMILES string of the molecule is O=C1C2CC=CCC2C(=O)N1CCCN1CCNCC1. The van der Waals surface area contributed by atoms with Gasteiger partial charge in [-0.1, -0.05) is 12.2 Å². The third kappa shape index (κ3) is 2.65. The molecule has 2 fully saturated rings. The van der Waals surface area contributed by atoms with E-state index in [-0.39, 0.29) is 23.7 Å². The van der Waals surface area contributed by atoms with Gasteiger partial charge in [0, 0.05) is 32.7 Å². The van der Waals surface area contributed by atoms with Crippen molar-refractivity contribution in [1.29, 1.82) is 0 Å². The molecule has 0 aromatic rings. The van der Waals surface area contributed by atoms with E-state index in [1.807, 2.05) is 12.2 Å². The van der Waals surface area contributed by atoms with Gasteiger partial charge in [-0.15, -0.1) is 0 Å². The number of likely N-dealkylation sites (tertiary alicyclic amines) is 1. The number of rotatable bonds is 4. The molecule has 3 rings (SSSR count). The van der Waals surface area contributed by atoms with E-state index >= 15 is 0 Å². The zero-order valence-corrected chi connectivity index (χ0v) is 11.9. The van der Waals surface area contributed by atoms with Gasteiger partial charge in [0.15, 0.2) is 0 Å². The summed E-state index contributed by atoms with van der Waals surface area (Å²) in [5.74, 6) is -0.0345. The Hall–Kier alpha value is -1.20. The topological polar surface area (TPSA) is 52.7 Å². The smallest absolute Gasteiger partial charge is 0.233 e. The maximum absolute atomic E-state index is 12.3. The lowest BCUT2D eigenvalue weighted by atomic mass is 9.85. The molecule has 110 valence electrons. The van der Waals surface area contributed by atoms with Crippen LogP contribution < -0.4 is 5.32 Å². The molecule has 1 aliphatic carbocycles. The van der Waals surface area contributed by atoms with Crippen molar-refractivity contribution in [3.05, 3.63) is 12.2 Å². The van der Waals surface area contributed by atoms with E-state index in [1.54, 1.807) is 0 Å².